The summed E-state index contributed by atoms with van der Waals surface area (Å²) in [7, 11) is 1.40. The maximum atomic E-state index is 13.7. The molecule has 5 rings (SSSR count). The summed E-state index contributed by atoms with van der Waals surface area (Å²) >= 11 is 6.47. The number of amides is 1. The van der Waals surface area contributed by atoms with E-state index in [9.17, 15) is 27.2 Å². The van der Waals surface area contributed by atoms with Crippen molar-refractivity contribution in [2.75, 3.05) is 25.1 Å². The molecule has 1 aromatic carbocycles. The number of carbonyl (C=O) groups excluding carboxylic acids is 1. The van der Waals surface area contributed by atoms with Crippen LogP contribution in [0.25, 0.3) is 0 Å². The maximum Gasteiger partial charge on any atom is 0.416 e. The number of anilines is 1. The molecule has 1 atom stereocenters. The standard InChI is InChI=1S/C25H25ClF4N6O3/c1-31-23(37)22-17(10-14-5-6-15(27)11-16(14)25(28,29)30)35-8-7-34(13-19(35)33-22)18-12-32-36(24(38)21(18)26)20-4-2-3-9-39-20/h5-6,11-12,20H,2-4,7-10,13H2,1H3,(H,31,37). The van der Waals surface area contributed by atoms with Crippen LogP contribution in [0, 0.1) is 5.82 Å². The van der Waals surface area contributed by atoms with Crippen LogP contribution in [0.1, 0.15) is 58.6 Å². The van der Waals surface area contributed by atoms with Crippen molar-refractivity contribution in [3.05, 3.63) is 73.9 Å². The summed E-state index contributed by atoms with van der Waals surface area (Å²) in [6, 6.07) is 2.46. The van der Waals surface area contributed by atoms with Gasteiger partial charge in [0.2, 0.25) is 0 Å². The number of halogens is 5. The van der Waals surface area contributed by atoms with E-state index in [1.54, 1.807) is 9.47 Å². The Bertz CT molecular complexity index is 1470. The fraction of sp³-hybridized carbons (Fsp3) is 0.440. The third-order valence-corrected chi connectivity index (χ3v) is 7.30. The average molecular weight is 569 g/mol. The van der Waals surface area contributed by atoms with Gasteiger partial charge < -0.3 is 19.5 Å². The lowest BCUT2D eigenvalue weighted by Crippen LogP contribution is -2.37. The minimum Gasteiger partial charge on any atom is -0.360 e. The van der Waals surface area contributed by atoms with Gasteiger partial charge in [-0.05, 0) is 37.0 Å². The molecule has 2 aliphatic rings. The lowest BCUT2D eigenvalue weighted by molar-refractivity contribution is -0.138. The zero-order valence-corrected chi connectivity index (χ0v) is 21.7. The normalized spacial score (nSPS) is 17.7. The molecule has 14 heteroatoms. The van der Waals surface area contributed by atoms with E-state index in [0.717, 1.165) is 25.0 Å². The zero-order valence-electron chi connectivity index (χ0n) is 20.9. The summed E-state index contributed by atoms with van der Waals surface area (Å²) in [6.45, 7) is 1.24. The van der Waals surface area contributed by atoms with Crippen molar-refractivity contribution < 1.29 is 27.1 Å². The first-order valence-corrected chi connectivity index (χ1v) is 12.8. The molecule has 9 nitrogen and oxygen atoms in total. The Morgan fingerprint density at radius 1 is 1.26 bits per heavy atom. The average Bonchev–Trinajstić information content (AvgIpc) is 3.28. The predicted octanol–water partition coefficient (Wildman–Crippen LogP) is 3.92. The van der Waals surface area contributed by atoms with Crippen LogP contribution in [0.4, 0.5) is 23.2 Å². The molecule has 0 radical (unpaired) electrons. The van der Waals surface area contributed by atoms with Gasteiger partial charge in [0.15, 0.2) is 6.23 Å². The molecule has 2 aromatic heterocycles. The second-order valence-corrected chi connectivity index (χ2v) is 9.74. The lowest BCUT2D eigenvalue weighted by atomic mass is 10.0. The third-order valence-electron chi connectivity index (χ3n) is 6.95. The Labute approximate surface area is 225 Å². The lowest BCUT2D eigenvalue weighted by Gasteiger charge is -2.31. The molecule has 1 fully saturated rings. The van der Waals surface area contributed by atoms with E-state index in [-0.39, 0.29) is 41.5 Å². The van der Waals surface area contributed by atoms with Crippen molar-refractivity contribution in [2.45, 2.75) is 51.2 Å². The first-order chi connectivity index (χ1) is 18.6. The van der Waals surface area contributed by atoms with E-state index in [1.807, 2.05) is 0 Å². The van der Waals surface area contributed by atoms with Gasteiger partial charge in [-0.2, -0.15) is 23.0 Å². The van der Waals surface area contributed by atoms with E-state index in [4.69, 9.17) is 16.3 Å². The van der Waals surface area contributed by atoms with E-state index < -0.39 is 35.3 Å². The summed E-state index contributed by atoms with van der Waals surface area (Å²) in [5.41, 5.74) is -1.16. The van der Waals surface area contributed by atoms with Crippen molar-refractivity contribution in [3.63, 3.8) is 0 Å². The SMILES string of the molecule is CNC(=O)c1nc2n(c1Cc1ccc(F)cc1C(F)(F)F)CCN(c1cnn(C3CCCCO3)c(=O)c1Cl)C2. The van der Waals surface area contributed by atoms with Gasteiger partial charge in [-0.3, -0.25) is 9.59 Å². The fourth-order valence-corrected chi connectivity index (χ4v) is 5.26. The van der Waals surface area contributed by atoms with Crippen LogP contribution < -0.4 is 15.8 Å². The van der Waals surface area contributed by atoms with Gasteiger partial charge >= 0.3 is 6.18 Å². The number of imidazole rings is 1. The molecule has 208 valence electrons. The highest BCUT2D eigenvalue weighted by Gasteiger charge is 2.35. The fourth-order valence-electron chi connectivity index (χ4n) is 5.00. The van der Waals surface area contributed by atoms with Crippen LogP contribution >= 0.6 is 11.6 Å². The molecule has 39 heavy (non-hydrogen) atoms. The van der Waals surface area contributed by atoms with Crippen molar-refractivity contribution in [1.82, 2.24) is 24.6 Å². The first kappa shape index (κ1) is 27.1. The number of nitrogens with zero attached hydrogens (tertiary/aromatic N) is 5. The minimum atomic E-state index is -4.78. The molecule has 3 aromatic rings. The highest BCUT2D eigenvalue weighted by Crippen LogP contribution is 2.35. The molecule has 0 bridgehead atoms. The van der Waals surface area contributed by atoms with Gasteiger partial charge in [0, 0.05) is 33.2 Å². The molecular weight excluding hydrogens is 544 g/mol. The monoisotopic (exact) mass is 568 g/mol. The predicted molar refractivity (Wildman–Crippen MR) is 133 cm³/mol. The number of carbonyl (C=O) groups is 1. The summed E-state index contributed by atoms with van der Waals surface area (Å²) < 4.78 is 63.2. The molecule has 1 saturated heterocycles. The molecule has 1 unspecified atom stereocenters. The molecule has 2 aliphatic heterocycles. The zero-order chi connectivity index (χ0) is 27.9. The van der Waals surface area contributed by atoms with Crippen molar-refractivity contribution in [2.24, 2.45) is 0 Å². The molecular formula is C25H25ClF4N6O3. The van der Waals surface area contributed by atoms with Gasteiger partial charge in [-0.15, -0.1) is 0 Å². The summed E-state index contributed by atoms with van der Waals surface area (Å²) in [6.07, 6.45) is -1.59. The minimum absolute atomic E-state index is 0.0270. The number of nitrogens with one attached hydrogen (secondary N) is 1. The van der Waals surface area contributed by atoms with Crippen LogP contribution in [0.15, 0.2) is 29.2 Å². The van der Waals surface area contributed by atoms with Gasteiger partial charge in [-0.25, -0.2) is 9.37 Å². The van der Waals surface area contributed by atoms with E-state index in [1.165, 1.54) is 17.9 Å². The summed E-state index contributed by atoms with van der Waals surface area (Å²) in [4.78, 5) is 31.8. The van der Waals surface area contributed by atoms with Crippen LogP contribution in [0.5, 0.6) is 0 Å². The maximum absolute atomic E-state index is 13.7. The Balaban J connectivity index is 1.48. The number of aromatic nitrogens is 4. The van der Waals surface area contributed by atoms with Crippen LogP contribution in [0.3, 0.4) is 0 Å². The highest BCUT2D eigenvalue weighted by molar-refractivity contribution is 6.33. The van der Waals surface area contributed by atoms with Crippen molar-refractivity contribution in [3.8, 4) is 0 Å². The Hall–Kier alpha value is -3.45. The van der Waals surface area contributed by atoms with E-state index >= 15 is 0 Å². The van der Waals surface area contributed by atoms with Gasteiger partial charge in [0.1, 0.15) is 22.4 Å². The van der Waals surface area contributed by atoms with Crippen molar-refractivity contribution >= 4 is 23.2 Å². The molecule has 1 N–H and O–H groups in total. The second kappa shape index (κ2) is 10.6. The number of benzene rings is 1. The number of fused-ring (bicyclic) bond motifs is 1. The number of hydrogen-bond donors (Lipinski definition) is 1. The quantitative estimate of drug-likeness (QED) is 0.469. The Morgan fingerprint density at radius 2 is 2.05 bits per heavy atom. The van der Waals surface area contributed by atoms with E-state index in [0.29, 0.717) is 37.2 Å². The second-order valence-electron chi connectivity index (χ2n) is 9.37. The summed E-state index contributed by atoms with van der Waals surface area (Å²) in [5, 5.41) is 6.71. The third kappa shape index (κ3) is 5.24. The van der Waals surface area contributed by atoms with E-state index in [2.05, 4.69) is 15.4 Å². The largest absolute Gasteiger partial charge is 0.416 e. The molecule has 0 saturated carbocycles. The number of alkyl halides is 3. The van der Waals surface area contributed by atoms with Crippen molar-refractivity contribution in [1.29, 1.82) is 0 Å². The molecule has 4 heterocycles. The number of rotatable bonds is 5. The first-order valence-electron chi connectivity index (χ1n) is 12.4. The smallest absolute Gasteiger partial charge is 0.360 e. The number of hydrogen-bond acceptors (Lipinski definition) is 6. The molecule has 0 spiro atoms. The van der Waals surface area contributed by atoms with Gasteiger partial charge in [-0.1, -0.05) is 17.7 Å². The van der Waals surface area contributed by atoms with Gasteiger partial charge in [0.25, 0.3) is 11.5 Å². The Morgan fingerprint density at radius 3 is 2.74 bits per heavy atom. The highest BCUT2D eigenvalue weighted by atomic mass is 35.5. The Kier molecular flexibility index (Phi) is 7.38. The topological polar surface area (TPSA) is 94.3 Å². The van der Waals surface area contributed by atoms with Gasteiger partial charge in [0.05, 0.1) is 29.7 Å². The van der Waals surface area contributed by atoms with Crippen LogP contribution in [0.2, 0.25) is 5.02 Å². The molecule has 1 amide bonds. The number of ether oxygens (including phenoxy) is 1. The van der Waals surface area contributed by atoms with Crippen LogP contribution in [-0.4, -0.2) is 45.4 Å². The van der Waals surface area contributed by atoms with Crippen LogP contribution in [-0.2, 0) is 30.4 Å². The molecule has 0 aliphatic carbocycles. The summed E-state index contributed by atoms with van der Waals surface area (Å²) in [5.74, 6) is -1.17.